The fourth-order valence-electron chi connectivity index (χ4n) is 3.91. The van der Waals surface area contributed by atoms with Crippen molar-refractivity contribution < 1.29 is 18.3 Å². The molecule has 0 saturated carbocycles. The van der Waals surface area contributed by atoms with Gasteiger partial charge in [-0.05, 0) is 42.0 Å². The van der Waals surface area contributed by atoms with Gasteiger partial charge in [0.1, 0.15) is 17.1 Å². The smallest absolute Gasteiger partial charge is 0.295 e. The van der Waals surface area contributed by atoms with Crippen LogP contribution < -0.4 is 15.1 Å². The van der Waals surface area contributed by atoms with E-state index in [4.69, 9.17) is 9.15 Å². The normalized spacial score (nSPS) is 15.5. The second kappa shape index (κ2) is 6.84. The Morgan fingerprint density at radius 2 is 1.73 bits per heavy atom. The number of amides is 1. The van der Waals surface area contributed by atoms with Crippen LogP contribution >= 0.6 is 0 Å². The molecule has 0 bridgehead atoms. The van der Waals surface area contributed by atoms with Crippen LogP contribution in [0.3, 0.4) is 0 Å². The molecule has 1 atom stereocenters. The van der Waals surface area contributed by atoms with E-state index in [0.29, 0.717) is 28.0 Å². The molecule has 1 aromatic heterocycles. The van der Waals surface area contributed by atoms with E-state index < -0.39 is 17.8 Å². The van der Waals surface area contributed by atoms with Crippen molar-refractivity contribution in [3.05, 3.63) is 106 Å². The van der Waals surface area contributed by atoms with Crippen LogP contribution in [0.4, 0.5) is 10.1 Å². The van der Waals surface area contributed by atoms with E-state index in [1.807, 2.05) is 0 Å². The number of carbonyl (C=O) groups is 1. The molecule has 148 valence electrons. The number of nitrogens with zero attached hydrogens (tertiary/aromatic N) is 1. The van der Waals surface area contributed by atoms with Crippen molar-refractivity contribution in [3.8, 4) is 5.75 Å². The first-order valence-corrected chi connectivity index (χ1v) is 9.37. The van der Waals surface area contributed by atoms with Gasteiger partial charge in [0.25, 0.3) is 5.91 Å². The summed E-state index contributed by atoms with van der Waals surface area (Å²) < 4.78 is 24.8. The number of carbonyl (C=O) groups excluding carboxylic acids is 1. The lowest BCUT2D eigenvalue weighted by molar-refractivity contribution is 0.0971. The van der Waals surface area contributed by atoms with Gasteiger partial charge in [0.05, 0.1) is 24.1 Å². The highest BCUT2D eigenvalue weighted by molar-refractivity contribution is 6.10. The summed E-state index contributed by atoms with van der Waals surface area (Å²) in [6.45, 7) is 0. The van der Waals surface area contributed by atoms with Crippen molar-refractivity contribution in [1.82, 2.24) is 0 Å². The summed E-state index contributed by atoms with van der Waals surface area (Å²) >= 11 is 0. The van der Waals surface area contributed by atoms with E-state index in [0.717, 1.165) is 0 Å². The first-order chi connectivity index (χ1) is 14.6. The van der Waals surface area contributed by atoms with Crippen LogP contribution in [0.25, 0.3) is 11.0 Å². The van der Waals surface area contributed by atoms with Gasteiger partial charge in [-0.25, -0.2) is 4.39 Å². The predicted molar refractivity (Wildman–Crippen MR) is 111 cm³/mol. The lowest BCUT2D eigenvalue weighted by atomic mass is 9.98. The van der Waals surface area contributed by atoms with Crippen molar-refractivity contribution in [2.24, 2.45) is 0 Å². The van der Waals surface area contributed by atoms with Crippen LogP contribution in [-0.2, 0) is 0 Å². The maximum Gasteiger partial charge on any atom is 0.295 e. The van der Waals surface area contributed by atoms with Gasteiger partial charge in [0, 0.05) is 11.8 Å². The average Bonchev–Trinajstić information content (AvgIpc) is 3.07. The molecule has 0 radical (unpaired) electrons. The monoisotopic (exact) mass is 401 g/mol. The number of anilines is 1. The molecule has 2 heterocycles. The zero-order valence-corrected chi connectivity index (χ0v) is 16.0. The molecular formula is C24H16FNO4. The molecule has 4 aromatic rings. The van der Waals surface area contributed by atoms with Gasteiger partial charge in [-0.1, -0.05) is 30.3 Å². The molecule has 0 saturated heterocycles. The highest BCUT2D eigenvalue weighted by Crippen LogP contribution is 2.41. The van der Waals surface area contributed by atoms with Crippen LogP contribution in [0.5, 0.6) is 5.75 Å². The third-order valence-electron chi connectivity index (χ3n) is 5.29. The Morgan fingerprint density at radius 1 is 0.967 bits per heavy atom. The molecule has 0 N–H and O–H groups in total. The van der Waals surface area contributed by atoms with E-state index in [1.54, 1.807) is 60.7 Å². The molecule has 1 aliphatic heterocycles. The second-order valence-electron chi connectivity index (χ2n) is 7.00. The first-order valence-electron chi connectivity index (χ1n) is 9.37. The molecule has 1 amide bonds. The summed E-state index contributed by atoms with van der Waals surface area (Å²) in [4.78, 5) is 28.3. The number of hydrogen-bond donors (Lipinski definition) is 0. The highest BCUT2D eigenvalue weighted by atomic mass is 19.1. The van der Waals surface area contributed by atoms with Gasteiger partial charge in [0.2, 0.25) is 5.76 Å². The minimum Gasteiger partial charge on any atom is -0.497 e. The van der Waals surface area contributed by atoms with Crippen LogP contribution in [-0.4, -0.2) is 13.0 Å². The van der Waals surface area contributed by atoms with E-state index in [-0.39, 0.29) is 16.8 Å². The molecular weight excluding hydrogens is 385 g/mol. The number of fused-ring (bicyclic) bond motifs is 2. The fraction of sp³-hybridized carbons (Fsp3) is 0.0833. The zero-order chi connectivity index (χ0) is 20.8. The van der Waals surface area contributed by atoms with Crippen LogP contribution in [0.15, 0.2) is 82.0 Å². The lowest BCUT2D eigenvalue weighted by Crippen LogP contribution is -2.29. The zero-order valence-electron chi connectivity index (χ0n) is 16.0. The molecule has 5 rings (SSSR count). The number of benzene rings is 3. The Kier molecular flexibility index (Phi) is 4.13. The molecule has 1 unspecified atom stereocenters. The Hall–Kier alpha value is -3.93. The molecule has 3 aromatic carbocycles. The highest BCUT2D eigenvalue weighted by Gasteiger charge is 2.43. The van der Waals surface area contributed by atoms with Crippen LogP contribution in [0, 0.1) is 5.82 Å². The topological polar surface area (TPSA) is 59.8 Å². The van der Waals surface area contributed by atoms with Crippen LogP contribution in [0.1, 0.15) is 27.7 Å². The number of methoxy groups -OCH3 is 1. The summed E-state index contributed by atoms with van der Waals surface area (Å²) in [5.74, 6) is -0.272. The summed E-state index contributed by atoms with van der Waals surface area (Å²) in [7, 11) is 1.54. The third-order valence-corrected chi connectivity index (χ3v) is 5.29. The molecule has 5 nitrogen and oxygen atoms in total. The third kappa shape index (κ3) is 2.69. The Bertz CT molecular complexity index is 1340. The van der Waals surface area contributed by atoms with E-state index in [1.165, 1.54) is 24.1 Å². The molecule has 0 aliphatic carbocycles. The van der Waals surface area contributed by atoms with Gasteiger partial charge in [-0.3, -0.25) is 14.5 Å². The maximum atomic E-state index is 13.6. The SMILES string of the molecule is COc1cccc(N2C(=O)c3oc4ccccc4c(=O)c3C2c2ccc(F)cc2)c1. The first kappa shape index (κ1) is 18.1. The number of rotatable bonds is 3. The second-order valence-corrected chi connectivity index (χ2v) is 7.00. The largest absolute Gasteiger partial charge is 0.497 e. The summed E-state index contributed by atoms with van der Waals surface area (Å²) in [5, 5.41) is 0.392. The minimum atomic E-state index is -0.749. The number of para-hydroxylation sites is 1. The van der Waals surface area contributed by atoms with Crippen molar-refractivity contribution >= 4 is 22.6 Å². The van der Waals surface area contributed by atoms with Crippen molar-refractivity contribution in [3.63, 3.8) is 0 Å². The van der Waals surface area contributed by atoms with Crippen LogP contribution in [0.2, 0.25) is 0 Å². The summed E-state index contributed by atoms with van der Waals surface area (Å²) in [5.41, 5.74) is 1.46. The number of halogens is 1. The molecule has 1 aliphatic rings. The standard InChI is InChI=1S/C24H16FNO4/c1-29-17-6-4-5-16(13-17)26-21(14-9-11-15(25)12-10-14)20-22(27)18-7-2-3-8-19(18)30-23(20)24(26)28/h2-13,21H,1H3. The van der Waals surface area contributed by atoms with Gasteiger partial charge in [-0.15, -0.1) is 0 Å². The Labute approximate surface area is 170 Å². The molecule has 0 fully saturated rings. The van der Waals surface area contributed by atoms with Crippen molar-refractivity contribution in [1.29, 1.82) is 0 Å². The van der Waals surface area contributed by atoms with Gasteiger partial charge < -0.3 is 9.15 Å². The van der Waals surface area contributed by atoms with Gasteiger partial charge >= 0.3 is 0 Å². The van der Waals surface area contributed by atoms with E-state index in [2.05, 4.69) is 0 Å². The fourth-order valence-corrected chi connectivity index (χ4v) is 3.91. The number of hydrogen-bond acceptors (Lipinski definition) is 4. The van der Waals surface area contributed by atoms with E-state index >= 15 is 0 Å². The maximum absolute atomic E-state index is 13.6. The molecule has 0 spiro atoms. The van der Waals surface area contributed by atoms with Gasteiger partial charge in [-0.2, -0.15) is 0 Å². The Balaban J connectivity index is 1.80. The Morgan fingerprint density at radius 3 is 2.50 bits per heavy atom. The quantitative estimate of drug-likeness (QED) is 0.500. The predicted octanol–water partition coefficient (Wildman–Crippen LogP) is 4.69. The number of ether oxygens (including phenoxy) is 1. The molecule has 6 heteroatoms. The van der Waals surface area contributed by atoms with E-state index in [9.17, 15) is 14.0 Å². The summed E-state index contributed by atoms with van der Waals surface area (Å²) in [6, 6.07) is 18.8. The van der Waals surface area contributed by atoms with Crippen molar-refractivity contribution in [2.45, 2.75) is 6.04 Å². The van der Waals surface area contributed by atoms with Gasteiger partial charge in [0.15, 0.2) is 5.43 Å². The minimum absolute atomic E-state index is 0.00385. The summed E-state index contributed by atoms with van der Waals surface area (Å²) in [6.07, 6.45) is 0. The molecule has 30 heavy (non-hydrogen) atoms. The average molecular weight is 401 g/mol. The van der Waals surface area contributed by atoms with Crippen molar-refractivity contribution in [2.75, 3.05) is 12.0 Å². The lowest BCUT2D eigenvalue weighted by Gasteiger charge is -2.25.